The van der Waals surface area contributed by atoms with Gasteiger partial charge in [0.05, 0.1) is 0 Å². The van der Waals surface area contributed by atoms with Gasteiger partial charge in [-0.3, -0.25) is 9.89 Å². The third-order valence-corrected chi connectivity index (χ3v) is 5.89. The van der Waals surface area contributed by atoms with Gasteiger partial charge < -0.3 is 25.4 Å². The van der Waals surface area contributed by atoms with Gasteiger partial charge in [0, 0.05) is 23.9 Å². The second-order valence-corrected chi connectivity index (χ2v) is 8.51. The van der Waals surface area contributed by atoms with E-state index in [-0.39, 0.29) is 17.8 Å². The Morgan fingerprint density at radius 3 is 2.26 bits per heavy atom. The summed E-state index contributed by atoms with van der Waals surface area (Å²) in [5, 5.41) is 37.0. The fourth-order valence-electron chi connectivity index (χ4n) is 3.72. The van der Waals surface area contributed by atoms with Crippen molar-refractivity contribution >= 4 is 17.8 Å². The Morgan fingerprint density at radius 1 is 1.06 bits per heavy atom. The van der Waals surface area contributed by atoms with E-state index in [0.29, 0.717) is 0 Å². The Labute approximate surface area is 201 Å². The number of aliphatic hydroxyl groups is 2. The number of amides is 1. The second-order valence-electron chi connectivity index (χ2n) is 8.51. The van der Waals surface area contributed by atoms with Crippen molar-refractivity contribution in [1.29, 1.82) is 0 Å². The van der Waals surface area contributed by atoms with Crippen molar-refractivity contribution in [2.24, 2.45) is 0 Å². The molecular weight excluding hydrogens is 454 g/mol. The number of benzene rings is 2. The normalized spacial score (nSPS) is 13.0. The molecule has 2 aromatic carbocycles. The molecule has 35 heavy (non-hydrogen) atoms. The summed E-state index contributed by atoms with van der Waals surface area (Å²) in [5.41, 5.74) is 1.64. The Hall–Kier alpha value is -4.02. The van der Waals surface area contributed by atoms with Gasteiger partial charge in [0.1, 0.15) is 5.69 Å². The average molecular weight is 482 g/mol. The van der Waals surface area contributed by atoms with Crippen LogP contribution < -0.4 is 5.32 Å². The summed E-state index contributed by atoms with van der Waals surface area (Å²) in [5.74, 6) is -2.99. The molecule has 0 aliphatic rings. The number of nitrogens with one attached hydrogen (secondary N) is 2. The average Bonchev–Trinajstić information content (AvgIpc) is 3.35. The molecule has 0 saturated carbocycles. The summed E-state index contributed by atoms with van der Waals surface area (Å²) >= 11 is 0. The molecular formula is C25H27N3O7. The maximum Gasteiger partial charge on any atom is 0.353 e. The summed E-state index contributed by atoms with van der Waals surface area (Å²) in [4.78, 5) is 35.9. The Kier molecular flexibility index (Phi) is 8.00. The van der Waals surface area contributed by atoms with Crippen LogP contribution in [-0.4, -0.2) is 62.3 Å². The largest absolute Gasteiger partial charge is 0.477 e. The first-order valence-corrected chi connectivity index (χ1v) is 10.8. The van der Waals surface area contributed by atoms with Crippen molar-refractivity contribution in [2.45, 2.75) is 37.8 Å². The number of rotatable bonds is 10. The van der Waals surface area contributed by atoms with Crippen LogP contribution in [0.1, 0.15) is 46.8 Å². The highest BCUT2D eigenvalue weighted by atomic mass is 16.6. The second kappa shape index (κ2) is 10.9. The van der Waals surface area contributed by atoms with Gasteiger partial charge in [0.15, 0.2) is 18.6 Å². The van der Waals surface area contributed by atoms with Crippen molar-refractivity contribution in [2.75, 3.05) is 6.79 Å². The molecule has 3 rings (SSSR count). The summed E-state index contributed by atoms with van der Waals surface area (Å²) in [6, 6.07) is 17.8. The molecule has 2 atom stereocenters. The van der Waals surface area contributed by atoms with Crippen LogP contribution in [0.2, 0.25) is 0 Å². The quantitative estimate of drug-likeness (QED) is 0.217. The van der Waals surface area contributed by atoms with Crippen molar-refractivity contribution in [1.82, 2.24) is 15.5 Å². The van der Waals surface area contributed by atoms with E-state index in [1.165, 1.54) is 0 Å². The predicted molar refractivity (Wildman–Crippen MR) is 126 cm³/mol. The van der Waals surface area contributed by atoms with Gasteiger partial charge in [-0.1, -0.05) is 68.4 Å². The van der Waals surface area contributed by atoms with Crippen molar-refractivity contribution in [3.63, 3.8) is 0 Å². The molecule has 0 unspecified atom stereocenters. The van der Waals surface area contributed by atoms with Gasteiger partial charge in [-0.05, 0) is 16.7 Å². The molecule has 0 bridgehead atoms. The fourth-order valence-corrected chi connectivity index (χ4v) is 3.72. The highest BCUT2D eigenvalue weighted by Gasteiger charge is 2.36. The predicted octanol–water partition coefficient (Wildman–Crippen LogP) is 2.10. The minimum atomic E-state index is -1.62. The fraction of sp³-hybridized carbons (Fsp3) is 0.280. The van der Waals surface area contributed by atoms with Crippen LogP contribution in [0.15, 0.2) is 60.7 Å². The number of aromatic nitrogens is 2. The minimum Gasteiger partial charge on any atom is -0.477 e. The van der Waals surface area contributed by atoms with Crippen molar-refractivity contribution in [3.8, 4) is 11.1 Å². The van der Waals surface area contributed by atoms with Crippen LogP contribution in [0.5, 0.6) is 0 Å². The SMILES string of the molecule is CC(C)(c1ccc(-c2ccccc2)cc1)[C@H](C[C@@H](O)C(=O)OCO)NC(=O)c1cc(C(=O)O)[nH]n1. The number of carboxylic acids is 1. The smallest absolute Gasteiger partial charge is 0.353 e. The van der Waals surface area contributed by atoms with Crippen LogP contribution in [-0.2, 0) is 14.9 Å². The van der Waals surface area contributed by atoms with Gasteiger partial charge in [-0.2, -0.15) is 5.10 Å². The molecule has 1 amide bonds. The molecule has 0 radical (unpaired) electrons. The van der Waals surface area contributed by atoms with Gasteiger partial charge in [0.25, 0.3) is 5.91 Å². The summed E-state index contributed by atoms with van der Waals surface area (Å²) in [6.07, 6.45) is -1.85. The van der Waals surface area contributed by atoms with Gasteiger partial charge in [0.2, 0.25) is 0 Å². The molecule has 1 aromatic heterocycles. The first-order chi connectivity index (χ1) is 16.6. The van der Waals surface area contributed by atoms with E-state index in [0.717, 1.165) is 22.8 Å². The van der Waals surface area contributed by atoms with Crippen LogP contribution in [0.4, 0.5) is 0 Å². The molecule has 10 heteroatoms. The molecule has 0 fully saturated rings. The molecule has 0 saturated heterocycles. The third-order valence-electron chi connectivity index (χ3n) is 5.89. The monoisotopic (exact) mass is 481 g/mol. The lowest BCUT2D eigenvalue weighted by molar-refractivity contribution is -0.162. The number of aromatic carboxylic acids is 1. The molecule has 3 aromatic rings. The zero-order chi connectivity index (χ0) is 25.6. The molecule has 5 N–H and O–H groups in total. The van der Waals surface area contributed by atoms with E-state index in [9.17, 15) is 19.5 Å². The highest BCUT2D eigenvalue weighted by molar-refractivity contribution is 5.95. The summed E-state index contributed by atoms with van der Waals surface area (Å²) in [6.45, 7) is 2.79. The number of carbonyl (C=O) groups is 3. The number of nitrogens with zero attached hydrogens (tertiary/aromatic N) is 1. The molecule has 10 nitrogen and oxygen atoms in total. The minimum absolute atomic E-state index is 0.157. The van der Waals surface area contributed by atoms with E-state index >= 15 is 0 Å². The molecule has 184 valence electrons. The van der Waals surface area contributed by atoms with Crippen LogP contribution in [0, 0.1) is 0 Å². The topological polar surface area (TPSA) is 162 Å². The maximum absolute atomic E-state index is 12.9. The Morgan fingerprint density at radius 2 is 1.69 bits per heavy atom. The lowest BCUT2D eigenvalue weighted by Crippen LogP contribution is -2.50. The van der Waals surface area contributed by atoms with Crippen molar-refractivity contribution in [3.05, 3.63) is 77.6 Å². The lowest BCUT2D eigenvalue weighted by Gasteiger charge is -2.36. The number of hydrogen-bond acceptors (Lipinski definition) is 7. The maximum atomic E-state index is 12.9. The number of ether oxygens (including phenoxy) is 1. The van der Waals surface area contributed by atoms with Gasteiger partial charge >= 0.3 is 11.9 Å². The van der Waals surface area contributed by atoms with E-state index in [1.807, 2.05) is 68.4 Å². The summed E-state index contributed by atoms with van der Waals surface area (Å²) in [7, 11) is 0. The van der Waals surface area contributed by atoms with E-state index in [1.54, 1.807) is 0 Å². The highest BCUT2D eigenvalue weighted by Crippen LogP contribution is 2.32. The zero-order valence-electron chi connectivity index (χ0n) is 19.3. The number of aliphatic hydroxyl groups excluding tert-OH is 2. The molecule has 0 spiro atoms. The molecule has 1 heterocycles. The van der Waals surface area contributed by atoms with E-state index in [2.05, 4.69) is 20.3 Å². The summed E-state index contributed by atoms with van der Waals surface area (Å²) < 4.78 is 4.48. The standard InChI is InChI=1S/C25H27N3O7/c1-25(2,17-10-8-16(9-11-17)15-6-4-3-5-7-15)21(13-20(30)24(34)35-14-29)26-22(31)18-12-19(23(32)33)28-27-18/h3-12,20-21,29-30H,13-14H2,1-2H3,(H,26,31)(H,27,28)(H,32,33)/t20-,21+/m1/s1. The van der Waals surface area contributed by atoms with E-state index in [4.69, 9.17) is 10.2 Å². The number of hydrogen-bond donors (Lipinski definition) is 5. The van der Waals surface area contributed by atoms with Gasteiger partial charge in [-0.25, -0.2) is 9.59 Å². The lowest BCUT2D eigenvalue weighted by atomic mass is 9.75. The van der Waals surface area contributed by atoms with E-state index < -0.39 is 42.2 Å². The zero-order valence-corrected chi connectivity index (χ0v) is 19.3. The number of carbonyl (C=O) groups excluding carboxylic acids is 2. The third kappa shape index (κ3) is 6.11. The first-order valence-electron chi connectivity index (χ1n) is 10.8. The Balaban J connectivity index is 1.88. The van der Waals surface area contributed by atoms with Crippen LogP contribution in [0.3, 0.4) is 0 Å². The van der Waals surface area contributed by atoms with Gasteiger partial charge in [-0.15, -0.1) is 0 Å². The number of H-pyrrole nitrogens is 1. The number of aromatic amines is 1. The number of esters is 1. The first kappa shape index (κ1) is 25.6. The van der Waals surface area contributed by atoms with Crippen molar-refractivity contribution < 1.29 is 34.4 Å². The molecule has 0 aliphatic carbocycles. The number of carboxylic acid groups (broad SMARTS) is 1. The van der Waals surface area contributed by atoms with Crippen LogP contribution in [0.25, 0.3) is 11.1 Å². The Bertz CT molecular complexity index is 1170. The molecule has 0 aliphatic heterocycles. The van der Waals surface area contributed by atoms with Crippen LogP contribution >= 0.6 is 0 Å².